The monoisotopic (exact) mass is 226 g/mol. The summed E-state index contributed by atoms with van der Waals surface area (Å²) in [6, 6.07) is 3.87. The van der Waals surface area contributed by atoms with Crippen molar-refractivity contribution in [3.63, 3.8) is 0 Å². The Labute approximate surface area is 94.2 Å². The molecule has 88 valence electrons. The number of carbonyl (C=O) groups is 1. The fourth-order valence-electron chi connectivity index (χ4n) is 1.12. The number of hydrogen-bond donors (Lipinski definition) is 0. The Bertz CT molecular complexity index is 394. The van der Waals surface area contributed by atoms with Crippen LogP contribution in [0.15, 0.2) is 18.2 Å². The van der Waals surface area contributed by atoms with Gasteiger partial charge in [0.25, 0.3) is 0 Å². The van der Waals surface area contributed by atoms with Crippen LogP contribution < -0.4 is 4.74 Å². The molecule has 1 aromatic rings. The first-order valence-corrected chi connectivity index (χ1v) is 4.90. The van der Waals surface area contributed by atoms with E-state index in [9.17, 15) is 9.18 Å². The quantitative estimate of drug-likeness (QED) is 0.727. The Hall–Kier alpha value is -1.58. The van der Waals surface area contributed by atoms with E-state index in [1.54, 1.807) is 20.8 Å². The molecule has 0 amide bonds. The zero-order valence-electron chi connectivity index (χ0n) is 9.83. The molecule has 0 aliphatic rings. The molecule has 16 heavy (non-hydrogen) atoms. The molecule has 0 saturated carbocycles. The second kappa shape index (κ2) is 4.51. The fraction of sp³-hybridized carbons (Fsp3) is 0.417. The summed E-state index contributed by atoms with van der Waals surface area (Å²) in [5.74, 6) is -0.969. The van der Waals surface area contributed by atoms with Crippen LogP contribution in [0.25, 0.3) is 0 Å². The Kier molecular flexibility index (Phi) is 3.52. The lowest BCUT2D eigenvalue weighted by Crippen LogP contribution is -2.23. The molecular weight excluding hydrogens is 211 g/mol. The summed E-state index contributed by atoms with van der Waals surface area (Å²) in [5, 5.41) is 0. The average molecular weight is 226 g/mol. The first-order chi connectivity index (χ1) is 7.33. The van der Waals surface area contributed by atoms with Crippen LogP contribution in [0.1, 0.15) is 31.1 Å². The van der Waals surface area contributed by atoms with Crippen LogP contribution in [-0.4, -0.2) is 18.7 Å². The third-order valence-corrected chi connectivity index (χ3v) is 1.79. The van der Waals surface area contributed by atoms with Crippen LogP contribution >= 0.6 is 0 Å². The lowest BCUT2D eigenvalue weighted by atomic mass is 10.1. The second-order valence-corrected chi connectivity index (χ2v) is 4.35. The summed E-state index contributed by atoms with van der Waals surface area (Å²) < 4.78 is 23.0. The predicted molar refractivity (Wildman–Crippen MR) is 58.1 cm³/mol. The van der Waals surface area contributed by atoms with Gasteiger partial charge in [0.2, 0.25) is 0 Å². The number of hydrogen-bond acceptors (Lipinski definition) is 3. The van der Waals surface area contributed by atoms with Gasteiger partial charge in [-0.3, -0.25) is 0 Å². The first-order valence-electron chi connectivity index (χ1n) is 4.90. The van der Waals surface area contributed by atoms with E-state index in [4.69, 9.17) is 9.47 Å². The van der Waals surface area contributed by atoms with Crippen LogP contribution in [-0.2, 0) is 4.74 Å². The minimum atomic E-state index is -0.571. The van der Waals surface area contributed by atoms with Crippen LogP contribution in [0.4, 0.5) is 4.39 Å². The number of carbonyl (C=O) groups excluding carboxylic acids is 1. The van der Waals surface area contributed by atoms with Gasteiger partial charge >= 0.3 is 5.97 Å². The molecule has 0 aliphatic carbocycles. The highest BCUT2D eigenvalue weighted by atomic mass is 19.1. The number of halogens is 1. The largest absolute Gasteiger partial charge is 0.494 e. The van der Waals surface area contributed by atoms with Crippen LogP contribution in [0.5, 0.6) is 5.75 Å². The van der Waals surface area contributed by atoms with Crippen molar-refractivity contribution in [1.29, 1.82) is 0 Å². The van der Waals surface area contributed by atoms with Crippen molar-refractivity contribution in [2.75, 3.05) is 7.11 Å². The zero-order chi connectivity index (χ0) is 12.3. The maximum absolute atomic E-state index is 13.1. The number of rotatable bonds is 2. The number of benzene rings is 1. The van der Waals surface area contributed by atoms with Gasteiger partial charge in [0, 0.05) is 0 Å². The van der Waals surface area contributed by atoms with E-state index >= 15 is 0 Å². The van der Waals surface area contributed by atoms with Crippen molar-refractivity contribution in [2.24, 2.45) is 0 Å². The van der Waals surface area contributed by atoms with Gasteiger partial charge in [0.15, 0.2) is 11.6 Å². The lowest BCUT2D eigenvalue weighted by Gasteiger charge is -2.19. The maximum atomic E-state index is 13.1. The van der Waals surface area contributed by atoms with Gasteiger partial charge in [-0.25, -0.2) is 9.18 Å². The molecule has 0 bridgehead atoms. The summed E-state index contributed by atoms with van der Waals surface area (Å²) in [6.07, 6.45) is 0. The van der Waals surface area contributed by atoms with Gasteiger partial charge in [0.1, 0.15) is 5.60 Å². The molecule has 0 unspecified atom stereocenters. The van der Waals surface area contributed by atoms with Crippen LogP contribution in [0.2, 0.25) is 0 Å². The van der Waals surface area contributed by atoms with E-state index in [1.807, 2.05) is 0 Å². The van der Waals surface area contributed by atoms with Crippen LogP contribution in [0, 0.1) is 5.82 Å². The SMILES string of the molecule is COc1cc(C(=O)OC(C)(C)C)ccc1F. The number of ether oxygens (including phenoxy) is 2. The normalized spacial score (nSPS) is 11.1. The number of esters is 1. The molecule has 0 N–H and O–H groups in total. The molecule has 0 fully saturated rings. The molecule has 1 aromatic carbocycles. The Balaban J connectivity index is 2.93. The molecule has 0 saturated heterocycles. The third-order valence-electron chi connectivity index (χ3n) is 1.79. The number of methoxy groups -OCH3 is 1. The van der Waals surface area contributed by atoms with Gasteiger partial charge in [-0.2, -0.15) is 0 Å². The summed E-state index contributed by atoms with van der Waals surface area (Å²) in [6.45, 7) is 5.31. The second-order valence-electron chi connectivity index (χ2n) is 4.35. The van der Waals surface area contributed by atoms with Gasteiger partial charge in [-0.15, -0.1) is 0 Å². The van der Waals surface area contributed by atoms with E-state index in [2.05, 4.69) is 0 Å². The molecule has 0 aromatic heterocycles. The maximum Gasteiger partial charge on any atom is 0.338 e. The van der Waals surface area contributed by atoms with Crippen molar-refractivity contribution in [1.82, 2.24) is 0 Å². The van der Waals surface area contributed by atoms with Gasteiger partial charge < -0.3 is 9.47 Å². The predicted octanol–water partition coefficient (Wildman–Crippen LogP) is 2.79. The Morgan fingerprint density at radius 3 is 2.44 bits per heavy atom. The van der Waals surface area contributed by atoms with E-state index in [0.717, 1.165) is 0 Å². The molecule has 0 heterocycles. The molecule has 3 nitrogen and oxygen atoms in total. The van der Waals surface area contributed by atoms with Crippen molar-refractivity contribution < 1.29 is 18.7 Å². The van der Waals surface area contributed by atoms with Crippen molar-refractivity contribution >= 4 is 5.97 Å². The van der Waals surface area contributed by atoms with Gasteiger partial charge in [-0.05, 0) is 39.0 Å². The first kappa shape index (κ1) is 12.5. The molecule has 0 atom stereocenters. The minimum absolute atomic E-state index is 0.0309. The molecule has 0 aliphatic heterocycles. The van der Waals surface area contributed by atoms with E-state index in [-0.39, 0.29) is 11.3 Å². The summed E-state index contributed by atoms with van der Waals surface area (Å²) in [7, 11) is 1.34. The van der Waals surface area contributed by atoms with Crippen molar-refractivity contribution in [2.45, 2.75) is 26.4 Å². The fourth-order valence-corrected chi connectivity index (χ4v) is 1.12. The highest BCUT2D eigenvalue weighted by molar-refractivity contribution is 5.90. The standard InChI is InChI=1S/C12H15FO3/c1-12(2,3)16-11(14)8-5-6-9(13)10(7-8)15-4/h5-7H,1-4H3. The Morgan fingerprint density at radius 2 is 1.94 bits per heavy atom. The van der Waals surface area contributed by atoms with Crippen molar-refractivity contribution in [3.05, 3.63) is 29.6 Å². The molecular formula is C12H15FO3. The lowest BCUT2D eigenvalue weighted by molar-refractivity contribution is 0.00691. The summed E-state index contributed by atoms with van der Waals surface area (Å²) >= 11 is 0. The Morgan fingerprint density at radius 1 is 1.31 bits per heavy atom. The topological polar surface area (TPSA) is 35.5 Å². The minimum Gasteiger partial charge on any atom is -0.494 e. The zero-order valence-corrected chi connectivity index (χ0v) is 9.83. The highest BCUT2D eigenvalue weighted by Gasteiger charge is 2.18. The smallest absolute Gasteiger partial charge is 0.338 e. The molecule has 0 spiro atoms. The third kappa shape index (κ3) is 3.22. The van der Waals surface area contributed by atoms with E-state index in [0.29, 0.717) is 0 Å². The summed E-state index contributed by atoms with van der Waals surface area (Å²) in [5.41, 5.74) is -0.299. The van der Waals surface area contributed by atoms with Crippen LogP contribution in [0.3, 0.4) is 0 Å². The van der Waals surface area contributed by atoms with Crippen molar-refractivity contribution in [3.8, 4) is 5.75 Å². The van der Waals surface area contributed by atoms with E-state index in [1.165, 1.54) is 25.3 Å². The van der Waals surface area contributed by atoms with E-state index < -0.39 is 17.4 Å². The van der Waals surface area contributed by atoms with Gasteiger partial charge in [-0.1, -0.05) is 0 Å². The molecule has 0 radical (unpaired) electrons. The molecule has 1 rings (SSSR count). The highest BCUT2D eigenvalue weighted by Crippen LogP contribution is 2.20. The summed E-state index contributed by atoms with van der Waals surface area (Å²) in [4.78, 5) is 11.6. The van der Waals surface area contributed by atoms with Gasteiger partial charge in [0.05, 0.1) is 12.7 Å². The molecule has 4 heteroatoms. The average Bonchev–Trinajstić information content (AvgIpc) is 2.15.